The number of nitrogens with zero attached hydrogens (tertiary/aromatic N) is 1. The van der Waals surface area contributed by atoms with Crippen LogP contribution in [0.25, 0.3) is 0 Å². The number of hydrogen-bond acceptors (Lipinski definition) is 2. The van der Waals surface area contributed by atoms with Gasteiger partial charge in [-0.15, -0.1) is 0 Å². The van der Waals surface area contributed by atoms with Crippen molar-refractivity contribution in [2.75, 3.05) is 0 Å². The Morgan fingerprint density at radius 3 is 2.62 bits per heavy atom. The van der Waals surface area contributed by atoms with E-state index in [0.717, 1.165) is 0 Å². The molecule has 0 aromatic heterocycles. The molecule has 8 heavy (non-hydrogen) atoms. The van der Waals surface area contributed by atoms with Crippen molar-refractivity contribution < 1.29 is 4.84 Å². The van der Waals surface area contributed by atoms with E-state index in [1.54, 1.807) is 0 Å². The molecule has 0 saturated carbocycles. The molecule has 2 heteroatoms. The van der Waals surface area contributed by atoms with E-state index in [4.69, 9.17) is 4.84 Å². The smallest absolute Gasteiger partial charge is 0.162 e. The second-order valence-corrected chi connectivity index (χ2v) is 2.98. The summed E-state index contributed by atoms with van der Waals surface area (Å²) in [6.45, 7) is 4.36. The fourth-order valence-corrected chi connectivity index (χ4v) is 1.50. The fourth-order valence-electron chi connectivity index (χ4n) is 1.50. The Labute approximate surface area is 49.4 Å². The average Bonchev–Trinajstić information content (AvgIpc) is 2.32. The van der Waals surface area contributed by atoms with Crippen molar-refractivity contribution in [3.05, 3.63) is 0 Å². The van der Waals surface area contributed by atoms with Crippen LogP contribution in [0.2, 0.25) is 0 Å². The molecule has 2 saturated heterocycles. The van der Waals surface area contributed by atoms with Gasteiger partial charge in [0.15, 0.2) is 5.72 Å². The first kappa shape index (κ1) is 4.77. The minimum atomic E-state index is 0.166. The maximum Gasteiger partial charge on any atom is 0.162 e. The van der Waals surface area contributed by atoms with Crippen molar-refractivity contribution >= 4 is 0 Å². The predicted octanol–water partition coefficient (Wildman–Crippen LogP) is 1.13. The summed E-state index contributed by atoms with van der Waals surface area (Å²) in [5.41, 5.74) is 0.166. The molecule has 2 heterocycles. The molecule has 0 aromatic rings. The topological polar surface area (TPSA) is 15.5 Å². The van der Waals surface area contributed by atoms with E-state index in [-0.39, 0.29) is 5.72 Å². The zero-order chi connectivity index (χ0) is 5.78. The lowest BCUT2D eigenvalue weighted by Crippen LogP contribution is -2.10. The van der Waals surface area contributed by atoms with Gasteiger partial charge in [0.05, 0.1) is 0 Å². The number of fused-ring (bicyclic) bond motifs is 1. The van der Waals surface area contributed by atoms with Crippen LogP contribution < -0.4 is 0 Å². The Hall–Kier alpha value is -0.0800. The van der Waals surface area contributed by atoms with Gasteiger partial charge in [-0.25, -0.2) is 0 Å². The molecule has 0 radical (unpaired) electrons. The summed E-state index contributed by atoms with van der Waals surface area (Å²) in [6, 6.07) is 0.667. The van der Waals surface area contributed by atoms with Crippen LogP contribution in [0.15, 0.2) is 0 Å². The second-order valence-electron chi connectivity index (χ2n) is 2.98. The van der Waals surface area contributed by atoms with Gasteiger partial charge >= 0.3 is 0 Å². The van der Waals surface area contributed by atoms with Gasteiger partial charge in [0.1, 0.15) is 0 Å². The minimum Gasteiger partial charge on any atom is -0.272 e. The van der Waals surface area contributed by atoms with Crippen molar-refractivity contribution in [3.8, 4) is 0 Å². The van der Waals surface area contributed by atoms with Gasteiger partial charge < -0.3 is 0 Å². The molecule has 0 amide bonds. The molecule has 0 N–H and O–H groups in total. The Balaban J connectivity index is 2.15. The molecule has 2 aliphatic rings. The Morgan fingerprint density at radius 1 is 1.75 bits per heavy atom. The molecule has 0 spiro atoms. The Morgan fingerprint density at radius 2 is 2.50 bits per heavy atom. The molecule has 3 unspecified atom stereocenters. The van der Waals surface area contributed by atoms with E-state index < -0.39 is 0 Å². The highest BCUT2D eigenvalue weighted by Gasteiger charge is 2.57. The van der Waals surface area contributed by atoms with Crippen LogP contribution >= 0.6 is 0 Å². The first-order valence-electron chi connectivity index (χ1n) is 3.21. The van der Waals surface area contributed by atoms with Crippen molar-refractivity contribution in [3.63, 3.8) is 0 Å². The van der Waals surface area contributed by atoms with Crippen molar-refractivity contribution in [1.82, 2.24) is 5.06 Å². The molecule has 2 aliphatic heterocycles. The van der Waals surface area contributed by atoms with Crippen molar-refractivity contribution in [2.45, 2.75) is 38.5 Å². The van der Waals surface area contributed by atoms with Crippen molar-refractivity contribution in [2.24, 2.45) is 0 Å². The van der Waals surface area contributed by atoms with Crippen LogP contribution in [-0.2, 0) is 4.84 Å². The van der Waals surface area contributed by atoms with Crippen molar-refractivity contribution in [1.29, 1.82) is 0 Å². The molecule has 2 nitrogen and oxygen atoms in total. The molecule has 3 atom stereocenters. The molecular formula is C6H11NO. The molecule has 0 aliphatic carbocycles. The average molecular weight is 113 g/mol. The molecule has 2 fully saturated rings. The van der Waals surface area contributed by atoms with Gasteiger partial charge in [0.25, 0.3) is 0 Å². The van der Waals surface area contributed by atoms with Crippen LogP contribution in [0.1, 0.15) is 26.7 Å². The Bertz CT molecular complexity index is 126. The predicted molar refractivity (Wildman–Crippen MR) is 30.0 cm³/mol. The summed E-state index contributed by atoms with van der Waals surface area (Å²) in [5, 5.41) is 2.09. The van der Waals surface area contributed by atoms with E-state index in [0.29, 0.717) is 6.04 Å². The highest BCUT2D eigenvalue weighted by molar-refractivity contribution is 4.93. The summed E-state index contributed by atoms with van der Waals surface area (Å²) in [4.78, 5) is 5.29. The summed E-state index contributed by atoms with van der Waals surface area (Å²) >= 11 is 0. The van der Waals surface area contributed by atoms with Gasteiger partial charge in [-0.1, -0.05) is 0 Å². The fraction of sp³-hybridized carbons (Fsp3) is 1.00. The zero-order valence-electron chi connectivity index (χ0n) is 5.35. The van der Waals surface area contributed by atoms with Crippen LogP contribution in [0, 0.1) is 0 Å². The monoisotopic (exact) mass is 113 g/mol. The summed E-state index contributed by atoms with van der Waals surface area (Å²) in [7, 11) is 0. The molecule has 2 rings (SSSR count). The third kappa shape index (κ3) is 0.400. The third-order valence-electron chi connectivity index (χ3n) is 2.16. The summed E-state index contributed by atoms with van der Waals surface area (Å²) < 4.78 is 0. The van der Waals surface area contributed by atoms with E-state index in [9.17, 15) is 0 Å². The molecular weight excluding hydrogens is 102 g/mol. The highest BCUT2D eigenvalue weighted by Crippen LogP contribution is 2.47. The SMILES string of the molecule is CC1CCC2(C)ON12. The summed E-state index contributed by atoms with van der Waals surface area (Å²) in [6.07, 6.45) is 2.52. The van der Waals surface area contributed by atoms with Gasteiger partial charge in [0.2, 0.25) is 0 Å². The number of hydroxylamine groups is 2. The molecule has 0 bridgehead atoms. The zero-order valence-corrected chi connectivity index (χ0v) is 5.35. The quantitative estimate of drug-likeness (QED) is 0.438. The third-order valence-corrected chi connectivity index (χ3v) is 2.16. The Kier molecular flexibility index (Phi) is 0.649. The molecule has 0 aromatic carbocycles. The maximum atomic E-state index is 5.29. The van der Waals surface area contributed by atoms with Gasteiger partial charge in [-0.3, -0.25) is 4.84 Å². The number of rotatable bonds is 0. The standard InChI is InChI=1S/C6H11NO/c1-5-3-4-6(2)7(5)8-6/h5H,3-4H2,1-2H3. The lowest BCUT2D eigenvalue weighted by Gasteiger charge is -1.98. The van der Waals surface area contributed by atoms with Gasteiger partial charge in [-0.05, 0) is 26.7 Å². The maximum absolute atomic E-state index is 5.29. The highest BCUT2D eigenvalue weighted by atomic mass is 16.9. The summed E-state index contributed by atoms with van der Waals surface area (Å²) in [5.74, 6) is 0. The van der Waals surface area contributed by atoms with E-state index in [2.05, 4.69) is 18.9 Å². The van der Waals surface area contributed by atoms with Gasteiger partial charge in [0, 0.05) is 6.04 Å². The lowest BCUT2D eigenvalue weighted by molar-refractivity contribution is 0.133. The minimum absolute atomic E-state index is 0.166. The van der Waals surface area contributed by atoms with Crippen LogP contribution in [0.5, 0.6) is 0 Å². The van der Waals surface area contributed by atoms with Gasteiger partial charge in [-0.2, -0.15) is 5.06 Å². The van der Waals surface area contributed by atoms with Crippen LogP contribution in [0.4, 0.5) is 0 Å². The molecule has 46 valence electrons. The first-order chi connectivity index (χ1) is 3.72. The van der Waals surface area contributed by atoms with Crippen LogP contribution in [-0.4, -0.2) is 16.8 Å². The number of hydrogen-bond donors (Lipinski definition) is 0. The second kappa shape index (κ2) is 1.09. The lowest BCUT2D eigenvalue weighted by atomic mass is 10.2. The normalized spacial score (nSPS) is 60.8. The largest absolute Gasteiger partial charge is 0.272 e. The van der Waals surface area contributed by atoms with E-state index >= 15 is 0 Å². The van der Waals surface area contributed by atoms with Crippen LogP contribution in [0.3, 0.4) is 0 Å². The van der Waals surface area contributed by atoms with E-state index in [1.807, 2.05) is 0 Å². The van der Waals surface area contributed by atoms with E-state index in [1.165, 1.54) is 12.8 Å². The first-order valence-corrected chi connectivity index (χ1v) is 3.21.